The molecule has 1 fully saturated rings. The predicted molar refractivity (Wildman–Crippen MR) is 97.7 cm³/mol. The number of rotatable bonds is 7. The van der Waals surface area contributed by atoms with Crippen LogP contribution in [0.3, 0.4) is 0 Å². The maximum atomic E-state index is 12.2. The standard InChI is InChI=1S/C19H18N4O2S/c24-19(21-11-16-22-18(23-25-16)14-8-9-14)15-6-4-13(5-7-15)12-26-17-3-1-2-10-20-17/h1-7,10,14H,8-9,11-12H2,(H,21,24). The van der Waals surface area contributed by atoms with Crippen molar-refractivity contribution in [2.75, 3.05) is 0 Å². The van der Waals surface area contributed by atoms with Crippen molar-refractivity contribution in [3.63, 3.8) is 0 Å². The van der Waals surface area contributed by atoms with Gasteiger partial charge in [-0.25, -0.2) is 4.98 Å². The molecular formula is C19H18N4O2S. The molecule has 0 atom stereocenters. The van der Waals surface area contributed by atoms with Crippen LogP contribution in [-0.4, -0.2) is 21.0 Å². The normalized spacial score (nSPS) is 13.5. The highest BCUT2D eigenvalue weighted by Gasteiger charge is 2.28. The number of nitrogens with zero attached hydrogens (tertiary/aromatic N) is 3. The SMILES string of the molecule is O=C(NCc1nc(C2CC2)no1)c1ccc(CSc2ccccn2)cc1. The van der Waals surface area contributed by atoms with Gasteiger partial charge in [0.25, 0.3) is 5.91 Å². The van der Waals surface area contributed by atoms with E-state index in [1.807, 2.05) is 42.5 Å². The van der Waals surface area contributed by atoms with E-state index >= 15 is 0 Å². The van der Waals surface area contributed by atoms with Crippen LogP contribution < -0.4 is 5.32 Å². The topological polar surface area (TPSA) is 80.9 Å². The second-order valence-electron chi connectivity index (χ2n) is 6.16. The monoisotopic (exact) mass is 366 g/mol. The molecule has 2 heterocycles. The van der Waals surface area contributed by atoms with Gasteiger partial charge in [-0.15, -0.1) is 11.8 Å². The maximum absolute atomic E-state index is 12.2. The zero-order valence-corrected chi connectivity index (χ0v) is 14.9. The van der Waals surface area contributed by atoms with E-state index in [4.69, 9.17) is 4.52 Å². The van der Waals surface area contributed by atoms with Gasteiger partial charge in [-0.2, -0.15) is 4.98 Å². The van der Waals surface area contributed by atoms with Gasteiger partial charge < -0.3 is 9.84 Å². The molecule has 7 heteroatoms. The van der Waals surface area contributed by atoms with Gasteiger partial charge in [0.05, 0.1) is 11.6 Å². The summed E-state index contributed by atoms with van der Waals surface area (Å²) < 4.78 is 5.16. The van der Waals surface area contributed by atoms with Crippen LogP contribution in [0.5, 0.6) is 0 Å². The van der Waals surface area contributed by atoms with E-state index in [2.05, 4.69) is 20.4 Å². The third-order valence-electron chi connectivity index (χ3n) is 4.07. The quantitative estimate of drug-likeness (QED) is 0.644. The smallest absolute Gasteiger partial charge is 0.251 e. The first-order valence-electron chi connectivity index (χ1n) is 8.51. The Hall–Kier alpha value is -2.67. The molecule has 0 unspecified atom stereocenters. The highest BCUT2D eigenvalue weighted by Crippen LogP contribution is 2.38. The molecular weight excluding hydrogens is 348 g/mol. The molecule has 3 aromatic rings. The van der Waals surface area contributed by atoms with E-state index in [0.29, 0.717) is 17.4 Å². The number of thioether (sulfide) groups is 1. The third kappa shape index (κ3) is 4.29. The Labute approximate surface area is 155 Å². The second-order valence-corrected chi connectivity index (χ2v) is 7.15. The first-order valence-corrected chi connectivity index (χ1v) is 9.50. The first kappa shape index (κ1) is 16.8. The van der Waals surface area contributed by atoms with Crippen LogP contribution in [0.25, 0.3) is 0 Å². The summed E-state index contributed by atoms with van der Waals surface area (Å²) in [5, 5.41) is 7.74. The number of nitrogens with one attached hydrogen (secondary N) is 1. The lowest BCUT2D eigenvalue weighted by atomic mass is 10.1. The van der Waals surface area contributed by atoms with Crippen molar-refractivity contribution in [2.45, 2.75) is 36.1 Å². The minimum absolute atomic E-state index is 0.153. The molecule has 0 bridgehead atoms. The molecule has 0 aliphatic heterocycles. The number of amides is 1. The van der Waals surface area contributed by atoms with Crippen LogP contribution in [-0.2, 0) is 12.3 Å². The Balaban J connectivity index is 1.28. The van der Waals surface area contributed by atoms with Gasteiger partial charge in [-0.1, -0.05) is 23.4 Å². The Bertz CT molecular complexity index is 876. The van der Waals surface area contributed by atoms with Crippen LogP contribution in [0.2, 0.25) is 0 Å². The van der Waals surface area contributed by atoms with E-state index < -0.39 is 0 Å². The van der Waals surface area contributed by atoms with E-state index in [-0.39, 0.29) is 12.5 Å². The number of hydrogen-bond donors (Lipinski definition) is 1. The van der Waals surface area contributed by atoms with Crippen LogP contribution >= 0.6 is 11.8 Å². The highest BCUT2D eigenvalue weighted by atomic mass is 32.2. The van der Waals surface area contributed by atoms with Crippen LogP contribution in [0.4, 0.5) is 0 Å². The van der Waals surface area contributed by atoms with Gasteiger partial charge in [0.2, 0.25) is 5.89 Å². The van der Waals surface area contributed by atoms with Crippen molar-refractivity contribution in [1.82, 2.24) is 20.4 Å². The van der Waals surface area contributed by atoms with E-state index in [1.165, 1.54) is 0 Å². The lowest BCUT2D eigenvalue weighted by Gasteiger charge is -2.05. The lowest BCUT2D eigenvalue weighted by molar-refractivity contribution is 0.0946. The van der Waals surface area contributed by atoms with Crippen LogP contribution in [0, 0.1) is 0 Å². The third-order valence-corrected chi connectivity index (χ3v) is 5.08. The van der Waals surface area contributed by atoms with E-state index in [1.54, 1.807) is 18.0 Å². The Morgan fingerprint density at radius 2 is 2.04 bits per heavy atom. The van der Waals surface area contributed by atoms with E-state index in [0.717, 1.165) is 35.0 Å². The zero-order valence-electron chi connectivity index (χ0n) is 14.1. The number of pyridine rings is 1. The number of carbonyl (C=O) groups is 1. The van der Waals surface area contributed by atoms with Gasteiger partial charge in [0.1, 0.15) is 0 Å². The minimum Gasteiger partial charge on any atom is -0.343 e. The molecule has 0 spiro atoms. The van der Waals surface area contributed by atoms with Gasteiger partial charge in [0.15, 0.2) is 5.82 Å². The average Bonchev–Trinajstić information content (AvgIpc) is 3.44. The molecule has 132 valence electrons. The summed E-state index contributed by atoms with van der Waals surface area (Å²) in [6.07, 6.45) is 4.03. The lowest BCUT2D eigenvalue weighted by Crippen LogP contribution is -2.22. The Kier molecular flexibility index (Phi) is 4.97. The summed E-state index contributed by atoms with van der Waals surface area (Å²) in [6, 6.07) is 13.4. The minimum atomic E-state index is -0.153. The van der Waals surface area contributed by atoms with Gasteiger partial charge in [0, 0.05) is 23.4 Å². The number of carbonyl (C=O) groups excluding carboxylic acids is 1. The molecule has 1 N–H and O–H groups in total. The van der Waals surface area contributed by atoms with Crippen molar-refractivity contribution >= 4 is 17.7 Å². The van der Waals surface area contributed by atoms with Crippen LogP contribution in [0.1, 0.15) is 46.4 Å². The zero-order chi connectivity index (χ0) is 17.8. The summed E-state index contributed by atoms with van der Waals surface area (Å²) in [6.45, 7) is 0.246. The van der Waals surface area contributed by atoms with Gasteiger partial charge in [-0.3, -0.25) is 4.79 Å². The summed E-state index contributed by atoms with van der Waals surface area (Å²) >= 11 is 1.67. The van der Waals surface area contributed by atoms with Crippen molar-refractivity contribution < 1.29 is 9.32 Å². The molecule has 26 heavy (non-hydrogen) atoms. The number of hydrogen-bond acceptors (Lipinski definition) is 6. The van der Waals surface area contributed by atoms with Crippen molar-refractivity contribution in [3.8, 4) is 0 Å². The number of aromatic nitrogens is 3. The molecule has 1 amide bonds. The largest absolute Gasteiger partial charge is 0.343 e. The van der Waals surface area contributed by atoms with Crippen LogP contribution in [0.15, 0.2) is 58.2 Å². The molecule has 6 nitrogen and oxygen atoms in total. The van der Waals surface area contributed by atoms with Gasteiger partial charge >= 0.3 is 0 Å². The number of benzene rings is 1. The fourth-order valence-electron chi connectivity index (χ4n) is 2.45. The van der Waals surface area contributed by atoms with Crippen molar-refractivity contribution in [3.05, 3.63) is 71.5 Å². The predicted octanol–water partition coefficient (Wildman–Crippen LogP) is 3.56. The molecule has 1 aliphatic carbocycles. The summed E-state index contributed by atoms with van der Waals surface area (Å²) in [4.78, 5) is 20.8. The molecule has 0 saturated heterocycles. The molecule has 1 aliphatic rings. The molecule has 1 saturated carbocycles. The fraction of sp³-hybridized carbons (Fsp3) is 0.263. The molecule has 0 radical (unpaired) electrons. The Morgan fingerprint density at radius 3 is 2.77 bits per heavy atom. The molecule has 1 aromatic carbocycles. The maximum Gasteiger partial charge on any atom is 0.251 e. The fourth-order valence-corrected chi connectivity index (χ4v) is 3.26. The van der Waals surface area contributed by atoms with E-state index in [9.17, 15) is 4.79 Å². The average molecular weight is 366 g/mol. The summed E-state index contributed by atoms with van der Waals surface area (Å²) in [7, 11) is 0. The van der Waals surface area contributed by atoms with Crippen molar-refractivity contribution in [2.24, 2.45) is 0 Å². The molecule has 4 rings (SSSR count). The second kappa shape index (κ2) is 7.70. The summed E-state index contributed by atoms with van der Waals surface area (Å²) in [5.74, 6) is 2.30. The molecule has 2 aromatic heterocycles. The first-order chi connectivity index (χ1) is 12.8. The highest BCUT2D eigenvalue weighted by molar-refractivity contribution is 7.98. The van der Waals surface area contributed by atoms with Gasteiger partial charge in [-0.05, 0) is 42.7 Å². The van der Waals surface area contributed by atoms with Crippen molar-refractivity contribution in [1.29, 1.82) is 0 Å². The summed E-state index contributed by atoms with van der Waals surface area (Å²) in [5.41, 5.74) is 1.75. The Morgan fingerprint density at radius 1 is 1.19 bits per heavy atom.